The van der Waals surface area contributed by atoms with Crippen molar-refractivity contribution in [3.63, 3.8) is 0 Å². The van der Waals surface area contributed by atoms with Gasteiger partial charge in [-0.25, -0.2) is 8.42 Å². The van der Waals surface area contributed by atoms with Crippen LogP contribution in [-0.2, 0) is 16.6 Å². The van der Waals surface area contributed by atoms with Crippen LogP contribution in [0.2, 0.25) is 0 Å². The third kappa shape index (κ3) is 4.49. The van der Waals surface area contributed by atoms with Crippen LogP contribution in [0.3, 0.4) is 0 Å². The van der Waals surface area contributed by atoms with E-state index in [4.69, 9.17) is 9.15 Å². The average molecular weight is 413 g/mol. The lowest BCUT2D eigenvalue weighted by molar-refractivity contribution is 0.210. The van der Waals surface area contributed by atoms with Crippen molar-refractivity contribution < 1.29 is 17.6 Å². The monoisotopic (exact) mass is 413 g/mol. The van der Waals surface area contributed by atoms with Gasteiger partial charge in [0.25, 0.3) is 0 Å². The Labute approximate surface area is 170 Å². The number of nitrogens with zero attached hydrogens (tertiary/aromatic N) is 3. The zero-order valence-corrected chi connectivity index (χ0v) is 17.0. The van der Waals surface area contributed by atoms with Crippen LogP contribution in [0.25, 0.3) is 11.5 Å². The van der Waals surface area contributed by atoms with Gasteiger partial charge in [-0.05, 0) is 62.1 Å². The third-order valence-electron chi connectivity index (χ3n) is 4.98. The number of hydrogen-bond donors (Lipinski definition) is 0. The molecule has 0 amide bonds. The molecule has 0 spiro atoms. The van der Waals surface area contributed by atoms with Gasteiger partial charge in [-0.15, -0.1) is 10.2 Å². The second-order valence-corrected chi connectivity index (χ2v) is 9.17. The first-order valence-corrected chi connectivity index (χ1v) is 11.1. The first kappa shape index (κ1) is 19.6. The zero-order valence-electron chi connectivity index (χ0n) is 16.2. The van der Waals surface area contributed by atoms with E-state index in [2.05, 4.69) is 10.2 Å². The minimum Gasteiger partial charge on any atom is -0.490 e. The first-order chi connectivity index (χ1) is 14.0. The maximum absolute atomic E-state index is 12.9. The largest absolute Gasteiger partial charge is 0.490 e. The fraction of sp³-hybridized carbons (Fsp3) is 0.333. The predicted molar refractivity (Wildman–Crippen MR) is 108 cm³/mol. The van der Waals surface area contributed by atoms with Gasteiger partial charge in [0.2, 0.25) is 21.8 Å². The van der Waals surface area contributed by atoms with Crippen LogP contribution in [0.5, 0.6) is 5.75 Å². The third-order valence-corrected chi connectivity index (χ3v) is 6.80. The smallest absolute Gasteiger partial charge is 0.247 e. The Morgan fingerprint density at radius 3 is 2.41 bits per heavy atom. The molecule has 0 N–H and O–H groups in total. The topological polar surface area (TPSA) is 85.5 Å². The highest BCUT2D eigenvalue weighted by Crippen LogP contribution is 2.26. The van der Waals surface area contributed by atoms with Crippen molar-refractivity contribution in [2.75, 3.05) is 7.05 Å². The molecule has 29 heavy (non-hydrogen) atoms. The maximum Gasteiger partial charge on any atom is 0.247 e. The minimum absolute atomic E-state index is 0.0114. The van der Waals surface area contributed by atoms with Gasteiger partial charge in [-0.3, -0.25) is 0 Å². The number of rotatable bonds is 7. The summed E-state index contributed by atoms with van der Waals surface area (Å²) in [5.41, 5.74) is 0.787. The van der Waals surface area contributed by atoms with Crippen LogP contribution in [0.15, 0.2) is 63.9 Å². The van der Waals surface area contributed by atoms with E-state index in [1.165, 1.54) is 24.2 Å². The highest BCUT2D eigenvalue weighted by Gasteiger charge is 2.24. The Morgan fingerprint density at radius 2 is 1.72 bits per heavy atom. The first-order valence-electron chi connectivity index (χ1n) is 9.63. The number of benzene rings is 2. The molecule has 1 saturated carbocycles. The lowest BCUT2D eigenvalue weighted by Crippen LogP contribution is -2.26. The summed E-state index contributed by atoms with van der Waals surface area (Å²) in [6.45, 7) is -0.0114. The van der Waals surface area contributed by atoms with Gasteiger partial charge in [0, 0.05) is 12.6 Å². The van der Waals surface area contributed by atoms with Crippen molar-refractivity contribution in [1.82, 2.24) is 14.5 Å². The van der Waals surface area contributed by atoms with E-state index in [0.717, 1.165) is 18.4 Å². The molecule has 1 aliphatic rings. The Morgan fingerprint density at radius 1 is 1.03 bits per heavy atom. The standard InChI is InChI=1S/C21H23N3O4S/c1-24(15-20-22-23-21(28-20)16-7-3-2-4-8-16)29(25,26)19-13-11-18(12-14-19)27-17-9-5-6-10-17/h2-4,7-8,11-14,17H,5-6,9-10,15H2,1H3. The summed E-state index contributed by atoms with van der Waals surface area (Å²) in [7, 11) is -2.20. The fourth-order valence-corrected chi connectivity index (χ4v) is 4.48. The van der Waals surface area contributed by atoms with Crippen molar-refractivity contribution in [3.8, 4) is 17.2 Å². The molecule has 4 rings (SSSR count). The summed E-state index contributed by atoms with van der Waals surface area (Å²) in [5.74, 6) is 1.29. The quantitative estimate of drug-likeness (QED) is 0.584. The Hall–Kier alpha value is -2.71. The highest BCUT2D eigenvalue weighted by molar-refractivity contribution is 7.89. The molecule has 0 saturated heterocycles. The van der Waals surface area contributed by atoms with Crippen molar-refractivity contribution in [2.24, 2.45) is 0 Å². The van der Waals surface area contributed by atoms with Gasteiger partial charge in [0.1, 0.15) is 5.75 Å². The summed E-state index contributed by atoms with van der Waals surface area (Å²) in [4.78, 5) is 0.196. The van der Waals surface area contributed by atoms with Gasteiger partial charge < -0.3 is 9.15 Å². The SMILES string of the molecule is CN(Cc1nnc(-c2ccccc2)o1)S(=O)(=O)c1ccc(OC2CCCC2)cc1. The van der Waals surface area contributed by atoms with Crippen LogP contribution in [-0.4, -0.2) is 36.1 Å². The van der Waals surface area contributed by atoms with Crippen LogP contribution < -0.4 is 4.74 Å². The molecule has 7 nitrogen and oxygen atoms in total. The van der Waals surface area contributed by atoms with Crippen LogP contribution >= 0.6 is 0 Å². The molecule has 0 radical (unpaired) electrons. The molecular weight excluding hydrogens is 390 g/mol. The molecule has 1 aliphatic carbocycles. The van der Waals surface area contributed by atoms with E-state index in [9.17, 15) is 8.42 Å². The summed E-state index contributed by atoms with van der Waals surface area (Å²) in [6, 6.07) is 15.9. The van der Waals surface area contributed by atoms with Crippen molar-refractivity contribution in [2.45, 2.75) is 43.2 Å². The Balaban J connectivity index is 1.43. The average Bonchev–Trinajstić information content (AvgIpc) is 3.41. The molecule has 0 bridgehead atoms. The van der Waals surface area contributed by atoms with Crippen molar-refractivity contribution in [1.29, 1.82) is 0 Å². The van der Waals surface area contributed by atoms with E-state index >= 15 is 0 Å². The molecule has 1 aromatic heterocycles. The number of aromatic nitrogens is 2. The van der Waals surface area contributed by atoms with E-state index in [-0.39, 0.29) is 23.4 Å². The molecule has 1 heterocycles. The summed E-state index contributed by atoms with van der Waals surface area (Å²) < 4.78 is 38.4. The number of hydrogen-bond acceptors (Lipinski definition) is 6. The molecule has 0 atom stereocenters. The maximum atomic E-state index is 12.9. The zero-order chi connectivity index (χ0) is 20.3. The number of sulfonamides is 1. The van der Waals surface area contributed by atoms with Gasteiger partial charge in [0.15, 0.2) is 0 Å². The molecule has 152 valence electrons. The summed E-state index contributed by atoms with van der Waals surface area (Å²) in [6.07, 6.45) is 4.71. The van der Waals surface area contributed by atoms with E-state index in [1.54, 1.807) is 24.3 Å². The van der Waals surface area contributed by atoms with E-state index in [1.807, 2.05) is 30.3 Å². The molecular formula is C21H23N3O4S. The van der Waals surface area contributed by atoms with Gasteiger partial charge in [-0.2, -0.15) is 4.31 Å². The van der Waals surface area contributed by atoms with E-state index < -0.39 is 10.0 Å². The van der Waals surface area contributed by atoms with Gasteiger partial charge >= 0.3 is 0 Å². The van der Waals surface area contributed by atoms with Crippen molar-refractivity contribution in [3.05, 3.63) is 60.5 Å². The fourth-order valence-electron chi connectivity index (χ4n) is 3.36. The summed E-state index contributed by atoms with van der Waals surface area (Å²) in [5, 5.41) is 7.97. The Bertz CT molecular complexity index is 1040. The highest BCUT2D eigenvalue weighted by atomic mass is 32.2. The lowest BCUT2D eigenvalue weighted by atomic mass is 10.2. The molecule has 1 fully saturated rings. The molecule has 0 unspecified atom stereocenters. The van der Waals surface area contributed by atoms with Crippen molar-refractivity contribution >= 4 is 10.0 Å². The molecule has 0 aliphatic heterocycles. The Kier molecular flexibility index (Phi) is 5.64. The van der Waals surface area contributed by atoms with Crippen LogP contribution in [0.4, 0.5) is 0 Å². The normalized spacial score (nSPS) is 15.1. The van der Waals surface area contributed by atoms with Gasteiger partial charge in [-0.1, -0.05) is 18.2 Å². The molecule has 2 aromatic carbocycles. The molecule has 3 aromatic rings. The van der Waals surface area contributed by atoms with Crippen LogP contribution in [0.1, 0.15) is 31.6 Å². The minimum atomic E-state index is -3.69. The van der Waals surface area contributed by atoms with Gasteiger partial charge in [0.05, 0.1) is 17.5 Å². The molecule has 8 heteroatoms. The van der Waals surface area contributed by atoms with Crippen LogP contribution in [0, 0.1) is 0 Å². The second-order valence-electron chi connectivity index (χ2n) is 7.12. The lowest BCUT2D eigenvalue weighted by Gasteiger charge is -2.16. The summed E-state index contributed by atoms with van der Waals surface area (Å²) >= 11 is 0. The second kappa shape index (κ2) is 8.34. The van der Waals surface area contributed by atoms with E-state index in [0.29, 0.717) is 11.6 Å². The number of ether oxygens (including phenoxy) is 1. The predicted octanol–water partition coefficient (Wildman–Crippen LogP) is 3.88.